The van der Waals surface area contributed by atoms with Gasteiger partial charge in [-0.3, -0.25) is 4.79 Å². The standard InChI is InChI=1S/C18H24N2O3S/c21-17(13-22-12-14-6-3-4-11-23-14)19-10-5-9-18-20-15-7-1-2-8-16(15)24-18/h1-2,7-8,14H,3-6,9-13H2,(H,19,21). The van der Waals surface area contributed by atoms with Crippen LogP contribution < -0.4 is 5.32 Å². The molecule has 5 nitrogen and oxygen atoms in total. The van der Waals surface area contributed by atoms with E-state index in [1.807, 2.05) is 18.2 Å². The average Bonchev–Trinajstić information content (AvgIpc) is 3.02. The lowest BCUT2D eigenvalue weighted by Gasteiger charge is -2.22. The van der Waals surface area contributed by atoms with E-state index in [0.717, 1.165) is 42.8 Å². The zero-order valence-corrected chi connectivity index (χ0v) is 14.6. The maximum atomic E-state index is 11.7. The molecule has 2 aromatic rings. The van der Waals surface area contributed by atoms with E-state index in [0.29, 0.717) is 13.2 Å². The number of rotatable bonds is 8. The predicted octanol–water partition coefficient (Wildman–Crippen LogP) is 2.93. The number of hydrogen-bond acceptors (Lipinski definition) is 5. The third kappa shape index (κ3) is 5.26. The van der Waals surface area contributed by atoms with Crippen LogP contribution in [0.15, 0.2) is 24.3 Å². The Labute approximate surface area is 146 Å². The number of ether oxygens (including phenoxy) is 2. The first kappa shape index (κ1) is 17.3. The summed E-state index contributed by atoms with van der Waals surface area (Å²) in [6, 6.07) is 8.16. The predicted molar refractivity (Wildman–Crippen MR) is 95.4 cm³/mol. The molecule has 2 heterocycles. The van der Waals surface area contributed by atoms with E-state index in [2.05, 4.69) is 16.4 Å². The van der Waals surface area contributed by atoms with Gasteiger partial charge in [0.1, 0.15) is 6.61 Å². The number of amides is 1. The molecule has 1 N–H and O–H groups in total. The Morgan fingerprint density at radius 1 is 1.38 bits per heavy atom. The monoisotopic (exact) mass is 348 g/mol. The SMILES string of the molecule is O=C(COCC1CCCCO1)NCCCc1nc2ccccc2s1. The van der Waals surface area contributed by atoms with Crippen molar-refractivity contribution in [2.45, 2.75) is 38.2 Å². The van der Waals surface area contributed by atoms with Crippen LogP contribution in [0.2, 0.25) is 0 Å². The molecule has 3 rings (SSSR count). The van der Waals surface area contributed by atoms with E-state index in [4.69, 9.17) is 9.47 Å². The van der Waals surface area contributed by atoms with Crippen molar-refractivity contribution in [3.05, 3.63) is 29.3 Å². The summed E-state index contributed by atoms with van der Waals surface area (Å²) in [7, 11) is 0. The van der Waals surface area contributed by atoms with Crippen molar-refractivity contribution in [2.24, 2.45) is 0 Å². The van der Waals surface area contributed by atoms with Gasteiger partial charge in [-0.05, 0) is 37.8 Å². The Kier molecular flexibility index (Phi) is 6.57. The summed E-state index contributed by atoms with van der Waals surface area (Å²) in [5.74, 6) is -0.0601. The average molecular weight is 348 g/mol. The van der Waals surface area contributed by atoms with Gasteiger partial charge in [0, 0.05) is 19.6 Å². The fourth-order valence-electron chi connectivity index (χ4n) is 2.77. The van der Waals surface area contributed by atoms with Crippen molar-refractivity contribution in [3.8, 4) is 0 Å². The molecule has 1 aromatic carbocycles. The summed E-state index contributed by atoms with van der Waals surface area (Å²) in [5.41, 5.74) is 1.06. The first-order valence-electron chi connectivity index (χ1n) is 8.62. The summed E-state index contributed by atoms with van der Waals surface area (Å²) in [5, 5.41) is 4.02. The second-order valence-electron chi connectivity index (χ2n) is 6.03. The molecule has 1 amide bonds. The van der Waals surface area contributed by atoms with Crippen LogP contribution in [-0.4, -0.2) is 43.4 Å². The highest BCUT2D eigenvalue weighted by Crippen LogP contribution is 2.22. The van der Waals surface area contributed by atoms with Gasteiger partial charge >= 0.3 is 0 Å². The topological polar surface area (TPSA) is 60.5 Å². The van der Waals surface area contributed by atoms with Crippen LogP contribution in [0.3, 0.4) is 0 Å². The van der Waals surface area contributed by atoms with Gasteiger partial charge < -0.3 is 14.8 Å². The Hall–Kier alpha value is -1.50. The minimum Gasteiger partial charge on any atom is -0.376 e. The van der Waals surface area contributed by atoms with Crippen molar-refractivity contribution in [1.82, 2.24) is 10.3 Å². The van der Waals surface area contributed by atoms with Crippen molar-refractivity contribution in [3.63, 3.8) is 0 Å². The Morgan fingerprint density at radius 2 is 2.29 bits per heavy atom. The van der Waals surface area contributed by atoms with Crippen LogP contribution in [-0.2, 0) is 20.7 Å². The first-order valence-corrected chi connectivity index (χ1v) is 9.43. The molecule has 1 unspecified atom stereocenters. The van der Waals surface area contributed by atoms with Crippen LogP contribution in [0, 0.1) is 0 Å². The molecule has 1 fully saturated rings. The Morgan fingerprint density at radius 3 is 3.12 bits per heavy atom. The molecule has 1 aromatic heterocycles. The van der Waals surface area contributed by atoms with Gasteiger partial charge in [0.05, 0.1) is 27.9 Å². The lowest BCUT2D eigenvalue weighted by Crippen LogP contribution is -2.31. The minimum atomic E-state index is -0.0601. The number of carbonyl (C=O) groups excluding carboxylic acids is 1. The number of nitrogens with zero attached hydrogens (tertiary/aromatic N) is 1. The number of nitrogens with one attached hydrogen (secondary N) is 1. The summed E-state index contributed by atoms with van der Waals surface area (Å²) in [6.07, 6.45) is 5.28. The highest BCUT2D eigenvalue weighted by molar-refractivity contribution is 7.18. The van der Waals surface area contributed by atoms with Gasteiger partial charge in [-0.15, -0.1) is 11.3 Å². The number of aryl methyl sites for hydroxylation is 1. The second kappa shape index (κ2) is 9.11. The molecule has 1 aliphatic heterocycles. The third-order valence-corrected chi connectivity index (χ3v) is 5.13. The van der Waals surface area contributed by atoms with Crippen molar-refractivity contribution < 1.29 is 14.3 Å². The van der Waals surface area contributed by atoms with E-state index in [1.54, 1.807) is 11.3 Å². The van der Waals surface area contributed by atoms with Gasteiger partial charge in [-0.25, -0.2) is 4.98 Å². The van der Waals surface area contributed by atoms with Crippen molar-refractivity contribution in [1.29, 1.82) is 0 Å². The zero-order chi connectivity index (χ0) is 16.6. The lowest BCUT2D eigenvalue weighted by atomic mass is 10.1. The van der Waals surface area contributed by atoms with Gasteiger partial charge in [0.25, 0.3) is 0 Å². The molecule has 0 bridgehead atoms. The molecule has 1 atom stereocenters. The van der Waals surface area contributed by atoms with Gasteiger partial charge in [-0.2, -0.15) is 0 Å². The summed E-state index contributed by atoms with van der Waals surface area (Å²) in [6.45, 7) is 2.09. The van der Waals surface area contributed by atoms with E-state index in [1.165, 1.54) is 11.1 Å². The van der Waals surface area contributed by atoms with Crippen LogP contribution in [0.1, 0.15) is 30.7 Å². The lowest BCUT2D eigenvalue weighted by molar-refractivity contribution is -0.127. The number of carbonyl (C=O) groups is 1. The highest BCUT2D eigenvalue weighted by atomic mass is 32.1. The number of benzene rings is 1. The maximum absolute atomic E-state index is 11.7. The van der Waals surface area contributed by atoms with E-state index < -0.39 is 0 Å². The Balaban J connectivity index is 1.27. The molecule has 0 radical (unpaired) electrons. The number of fused-ring (bicyclic) bond motifs is 1. The van der Waals surface area contributed by atoms with Crippen LogP contribution >= 0.6 is 11.3 Å². The quantitative estimate of drug-likeness (QED) is 0.745. The van der Waals surface area contributed by atoms with E-state index >= 15 is 0 Å². The van der Waals surface area contributed by atoms with Gasteiger partial charge in [-0.1, -0.05) is 12.1 Å². The molecule has 24 heavy (non-hydrogen) atoms. The molecule has 1 saturated heterocycles. The fraction of sp³-hybridized carbons (Fsp3) is 0.556. The molecule has 0 saturated carbocycles. The molecule has 0 aliphatic carbocycles. The van der Waals surface area contributed by atoms with Crippen LogP contribution in [0.5, 0.6) is 0 Å². The molecular formula is C18H24N2O3S. The highest BCUT2D eigenvalue weighted by Gasteiger charge is 2.14. The number of para-hydroxylation sites is 1. The van der Waals surface area contributed by atoms with Gasteiger partial charge in [0.15, 0.2) is 0 Å². The second-order valence-corrected chi connectivity index (χ2v) is 7.15. The number of hydrogen-bond donors (Lipinski definition) is 1. The summed E-state index contributed by atoms with van der Waals surface area (Å²) in [4.78, 5) is 16.3. The van der Waals surface area contributed by atoms with Crippen molar-refractivity contribution in [2.75, 3.05) is 26.4 Å². The minimum absolute atomic E-state index is 0.0601. The Bertz CT molecular complexity index is 620. The molecule has 0 spiro atoms. The van der Waals surface area contributed by atoms with Crippen LogP contribution in [0.25, 0.3) is 10.2 Å². The van der Waals surface area contributed by atoms with Gasteiger partial charge in [0.2, 0.25) is 5.91 Å². The van der Waals surface area contributed by atoms with Crippen molar-refractivity contribution >= 4 is 27.5 Å². The smallest absolute Gasteiger partial charge is 0.245 e. The summed E-state index contributed by atoms with van der Waals surface area (Å²) >= 11 is 1.72. The number of aromatic nitrogens is 1. The fourth-order valence-corrected chi connectivity index (χ4v) is 3.78. The summed E-state index contributed by atoms with van der Waals surface area (Å²) < 4.78 is 12.2. The first-order chi connectivity index (χ1) is 11.8. The van der Waals surface area contributed by atoms with E-state index in [9.17, 15) is 4.79 Å². The van der Waals surface area contributed by atoms with Crippen LogP contribution in [0.4, 0.5) is 0 Å². The largest absolute Gasteiger partial charge is 0.376 e. The molecule has 1 aliphatic rings. The zero-order valence-electron chi connectivity index (χ0n) is 13.8. The normalized spacial score (nSPS) is 17.9. The van der Waals surface area contributed by atoms with E-state index in [-0.39, 0.29) is 18.6 Å². The number of thiazole rings is 1. The molecule has 130 valence electrons. The molecule has 6 heteroatoms. The maximum Gasteiger partial charge on any atom is 0.245 e. The molecular weight excluding hydrogens is 324 g/mol. The third-order valence-electron chi connectivity index (χ3n) is 4.04.